The van der Waals surface area contributed by atoms with Crippen molar-refractivity contribution in [3.05, 3.63) is 114 Å². The van der Waals surface area contributed by atoms with Gasteiger partial charge in [-0.05, 0) is 41.8 Å². The van der Waals surface area contributed by atoms with Crippen molar-refractivity contribution < 1.29 is 0 Å². The van der Waals surface area contributed by atoms with Gasteiger partial charge in [-0.1, -0.05) is 78.9 Å². The fourth-order valence-corrected chi connectivity index (χ4v) is 6.70. The number of aromatic nitrogens is 4. The molecule has 4 heteroatoms. The van der Waals surface area contributed by atoms with Gasteiger partial charge in [0.25, 0.3) is 0 Å². The molecule has 38 heavy (non-hydrogen) atoms. The molecule has 178 valence electrons. The number of hydrogen-bond acceptors (Lipinski definition) is 2. The molecule has 0 fully saturated rings. The highest BCUT2D eigenvalue weighted by molar-refractivity contribution is 6.25. The minimum atomic E-state index is 0.716. The number of aryl methyl sites for hydroxylation is 1. The molecule has 1 aliphatic rings. The monoisotopic (exact) mass is 486 g/mol. The Bertz CT molecular complexity index is 2280. The Labute approximate surface area is 218 Å². The van der Waals surface area contributed by atoms with Crippen LogP contribution in [0.15, 0.2) is 103 Å². The van der Waals surface area contributed by atoms with Crippen molar-refractivity contribution >= 4 is 54.5 Å². The van der Waals surface area contributed by atoms with Crippen molar-refractivity contribution in [2.75, 3.05) is 0 Å². The summed E-state index contributed by atoms with van der Waals surface area (Å²) in [7, 11) is 2.15. The highest BCUT2D eigenvalue weighted by Gasteiger charge is 2.24. The fraction of sp³-hybridized carbons (Fsp3) is 0.0588. The summed E-state index contributed by atoms with van der Waals surface area (Å²) in [5.41, 5.74) is 10.5. The summed E-state index contributed by atoms with van der Waals surface area (Å²) in [6, 6.07) is 36.9. The predicted molar refractivity (Wildman–Crippen MR) is 156 cm³/mol. The van der Waals surface area contributed by atoms with Crippen LogP contribution in [0.3, 0.4) is 0 Å². The molecule has 0 amide bonds. The minimum absolute atomic E-state index is 0.716. The Morgan fingerprint density at radius 3 is 2.26 bits per heavy atom. The Kier molecular flexibility index (Phi) is 3.75. The van der Waals surface area contributed by atoms with Crippen molar-refractivity contribution in [1.29, 1.82) is 0 Å². The molecule has 3 aromatic heterocycles. The summed E-state index contributed by atoms with van der Waals surface area (Å²) in [5, 5.41) is 6.09. The van der Waals surface area contributed by atoms with Crippen molar-refractivity contribution in [2.24, 2.45) is 7.05 Å². The van der Waals surface area contributed by atoms with Gasteiger partial charge in [-0.25, -0.2) is 9.97 Å². The van der Waals surface area contributed by atoms with Gasteiger partial charge in [0.1, 0.15) is 0 Å². The van der Waals surface area contributed by atoms with Crippen molar-refractivity contribution in [3.8, 4) is 17.2 Å². The summed E-state index contributed by atoms with van der Waals surface area (Å²) in [6.45, 7) is 0. The quantitative estimate of drug-likeness (QED) is 0.236. The first kappa shape index (κ1) is 20.1. The molecule has 0 saturated carbocycles. The zero-order chi connectivity index (χ0) is 25.0. The lowest BCUT2D eigenvalue weighted by atomic mass is 9.88. The third kappa shape index (κ3) is 2.44. The summed E-state index contributed by atoms with van der Waals surface area (Å²) in [4.78, 5) is 10.6. The molecule has 0 atom stereocenters. The van der Waals surface area contributed by atoms with E-state index in [9.17, 15) is 0 Å². The zero-order valence-electron chi connectivity index (χ0n) is 20.8. The van der Waals surface area contributed by atoms with Crippen LogP contribution in [0, 0.1) is 0 Å². The molecule has 1 aliphatic carbocycles. The minimum Gasteiger partial charge on any atom is -0.344 e. The number of rotatable bonds is 1. The van der Waals surface area contributed by atoms with Gasteiger partial charge in [-0.3, -0.25) is 4.57 Å². The molecule has 0 bridgehead atoms. The molecule has 0 N–H and O–H groups in total. The standard InChI is InChI=1S/C34H22N4/c1-37-27-15-6-5-13-25(27)31-29(37)18-17-24-23-12-4-7-16-28(23)38(33(24)31)34-35-26-14-8-10-21-19-20-9-2-3-11-22(20)32(36-34)30(21)26/h2-18H,19H2,1H3. The van der Waals surface area contributed by atoms with E-state index in [-0.39, 0.29) is 0 Å². The summed E-state index contributed by atoms with van der Waals surface area (Å²) < 4.78 is 4.58. The van der Waals surface area contributed by atoms with Crippen molar-refractivity contribution in [2.45, 2.75) is 6.42 Å². The number of para-hydroxylation sites is 2. The third-order valence-electron chi connectivity index (χ3n) is 8.36. The van der Waals surface area contributed by atoms with E-state index in [4.69, 9.17) is 9.97 Å². The number of benzene rings is 5. The molecule has 9 rings (SSSR count). The Morgan fingerprint density at radius 2 is 1.34 bits per heavy atom. The van der Waals surface area contributed by atoms with E-state index in [0.29, 0.717) is 5.95 Å². The van der Waals surface area contributed by atoms with Gasteiger partial charge in [-0.15, -0.1) is 0 Å². The van der Waals surface area contributed by atoms with Gasteiger partial charge in [0, 0.05) is 45.1 Å². The number of nitrogens with zero attached hydrogens (tertiary/aromatic N) is 4. The number of hydrogen-bond donors (Lipinski definition) is 0. The van der Waals surface area contributed by atoms with Crippen LogP contribution in [0.4, 0.5) is 0 Å². The van der Waals surface area contributed by atoms with Crippen LogP contribution in [0.2, 0.25) is 0 Å². The van der Waals surface area contributed by atoms with E-state index in [0.717, 1.165) is 28.7 Å². The van der Waals surface area contributed by atoms with Crippen LogP contribution < -0.4 is 0 Å². The van der Waals surface area contributed by atoms with Crippen molar-refractivity contribution in [3.63, 3.8) is 0 Å². The smallest absolute Gasteiger partial charge is 0.235 e. The maximum atomic E-state index is 5.35. The molecule has 8 aromatic rings. The zero-order valence-corrected chi connectivity index (χ0v) is 20.8. The summed E-state index contributed by atoms with van der Waals surface area (Å²) in [5.74, 6) is 0.716. The van der Waals surface area contributed by atoms with Gasteiger partial charge in [0.2, 0.25) is 5.95 Å². The summed E-state index contributed by atoms with van der Waals surface area (Å²) in [6.07, 6.45) is 0.912. The maximum Gasteiger partial charge on any atom is 0.235 e. The normalized spacial score (nSPS) is 12.8. The average molecular weight is 487 g/mol. The lowest BCUT2D eigenvalue weighted by Gasteiger charge is -2.20. The molecule has 3 heterocycles. The molecule has 0 saturated heterocycles. The summed E-state index contributed by atoms with van der Waals surface area (Å²) >= 11 is 0. The van der Waals surface area contributed by atoms with E-state index in [1.165, 1.54) is 54.7 Å². The Balaban J connectivity index is 1.51. The second-order valence-corrected chi connectivity index (χ2v) is 10.3. The van der Waals surface area contributed by atoms with Crippen LogP contribution in [0.25, 0.3) is 71.7 Å². The molecule has 0 aliphatic heterocycles. The Morgan fingerprint density at radius 1 is 0.579 bits per heavy atom. The second kappa shape index (κ2) is 7.08. The van der Waals surface area contributed by atoms with E-state index in [1.54, 1.807) is 0 Å². The molecule has 4 nitrogen and oxygen atoms in total. The molecule has 5 aromatic carbocycles. The average Bonchev–Trinajstić information content (AvgIpc) is 3.45. The van der Waals surface area contributed by atoms with Crippen LogP contribution in [-0.4, -0.2) is 19.1 Å². The second-order valence-electron chi connectivity index (χ2n) is 10.3. The number of fused-ring (bicyclic) bond motifs is 9. The van der Waals surface area contributed by atoms with Gasteiger partial charge >= 0.3 is 0 Å². The van der Waals surface area contributed by atoms with E-state index in [1.807, 2.05) is 0 Å². The predicted octanol–water partition coefficient (Wildman–Crippen LogP) is 7.94. The molecular formula is C34H22N4. The molecule has 0 radical (unpaired) electrons. The lowest BCUT2D eigenvalue weighted by molar-refractivity contribution is 1.00. The fourth-order valence-electron chi connectivity index (χ4n) is 6.70. The Hall–Kier alpha value is -4.96. The van der Waals surface area contributed by atoms with Gasteiger partial charge in [0.05, 0.1) is 27.8 Å². The highest BCUT2D eigenvalue weighted by atomic mass is 15.2. The SMILES string of the molecule is Cn1c2ccccc2c2c1ccc1c3ccccc3n(-c3nc4c5c(cccc5n3)Cc3ccccc3-4)c12. The first-order valence-corrected chi connectivity index (χ1v) is 13.1. The maximum absolute atomic E-state index is 5.35. The molecular weight excluding hydrogens is 464 g/mol. The van der Waals surface area contributed by atoms with Crippen LogP contribution >= 0.6 is 0 Å². The van der Waals surface area contributed by atoms with Gasteiger partial charge < -0.3 is 4.57 Å². The van der Waals surface area contributed by atoms with Crippen molar-refractivity contribution in [1.82, 2.24) is 19.1 Å². The van der Waals surface area contributed by atoms with Crippen LogP contribution in [-0.2, 0) is 13.5 Å². The van der Waals surface area contributed by atoms with E-state index < -0.39 is 0 Å². The topological polar surface area (TPSA) is 35.6 Å². The van der Waals surface area contributed by atoms with Gasteiger partial charge in [-0.2, -0.15) is 0 Å². The first-order chi connectivity index (χ1) is 18.8. The molecule has 0 unspecified atom stereocenters. The largest absolute Gasteiger partial charge is 0.344 e. The lowest BCUT2D eigenvalue weighted by Crippen LogP contribution is -2.08. The van der Waals surface area contributed by atoms with E-state index >= 15 is 0 Å². The highest BCUT2D eigenvalue weighted by Crippen LogP contribution is 2.42. The third-order valence-corrected chi connectivity index (χ3v) is 8.36. The molecule has 0 spiro atoms. The van der Waals surface area contributed by atoms with Crippen LogP contribution in [0.1, 0.15) is 11.1 Å². The first-order valence-electron chi connectivity index (χ1n) is 13.1. The van der Waals surface area contributed by atoms with E-state index in [2.05, 4.69) is 119 Å². The van der Waals surface area contributed by atoms with Gasteiger partial charge in [0.15, 0.2) is 0 Å². The van der Waals surface area contributed by atoms with Crippen LogP contribution in [0.5, 0.6) is 0 Å².